The number of aromatic nitrogens is 1. The van der Waals surface area contributed by atoms with Crippen LogP contribution in [0.3, 0.4) is 0 Å². The van der Waals surface area contributed by atoms with Crippen LogP contribution in [0, 0.1) is 11.8 Å². The van der Waals surface area contributed by atoms with Gasteiger partial charge in [-0.3, -0.25) is 4.79 Å². The van der Waals surface area contributed by atoms with Gasteiger partial charge in [0.2, 0.25) is 5.91 Å². The molecular formula is C18H19N2NaO3. The second-order valence-electron chi connectivity index (χ2n) is 5.88. The molecule has 3 rings (SSSR count). The number of H-pyrrole nitrogens is 1. The van der Waals surface area contributed by atoms with E-state index in [0.717, 1.165) is 16.5 Å². The molecule has 2 unspecified atom stereocenters. The molecule has 1 aromatic carbocycles. The predicted octanol–water partition coefficient (Wildman–Crippen LogP) is -1.84. The van der Waals surface area contributed by atoms with Crippen molar-refractivity contribution in [1.82, 2.24) is 10.3 Å². The molecule has 0 bridgehead atoms. The normalized spacial score (nSPS) is 19.7. The van der Waals surface area contributed by atoms with Gasteiger partial charge in [0.1, 0.15) is 0 Å². The minimum Gasteiger partial charge on any atom is -0.550 e. The van der Waals surface area contributed by atoms with E-state index in [0.29, 0.717) is 25.8 Å². The average Bonchev–Trinajstić information content (AvgIpc) is 2.98. The number of hydrogen-bond acceptors (Lipinski definition) is 3. The molecule has 2 aromatic rings. The molecule has 24 heavy (non-hydrogen) atoms. The zero-order valence-electron chi connectivity index (χ0n) is 13.7. The van der Waals surface area contributed by atoms with Crippen molar-refractivity contribution in [3.8, 4) is 0 Å². The first-order valence-corrected chi connectivity index (χ1v) is 7.85. The Morgan fingerprint density at radius 1 is 1.17 bits per heavy atom. The van der Waals surface area contributed by atoms with Crippen molar-refractivity contribution in [2.45, 2.75) is 19.3 Å². The molecule has 5 nitrogen and oxygen atoms in total. The number of carbonyl (C=O) groups is 2. The van der Waals surface area contributed by atoms with Gasteiger partial charge < -0.3 is 20.2 Å². The fourth-order valence-corrected chi connectivity index (χ4v) is 3.15. The smallest absolute Gasteiger partial charge is 0.550 e. The Balaban J connectivity index is 0.00000208. The number of rotatable bonds is 5. The van der Waals surface area contributed by atoms with E-state index in [9.17, 15) is 14.7 Å². The number of nitrogens with one attached hydrogen (secondary N) is 2. The van der Waals surface area contributed by atoms with E-state index in [1.54, 1.807) is 6.08 Å². The first kappa shape index (κ1) is 18.8. The van der Waals surface area contributed by atoms with Crippen LogP contribution < -0.4 is 40.0 Å². The summed E-state index contributed by atoms with van der Waals surface area (Å²) in [5.74, 6) is -2.62. The molecule has 0 spiro atoms. The van der Waals surface area contributed by atoms with E-state index in [4.69, 9.17) is 0 Å². The first-order valence-electron chi connectivity index (χ1n) is 7.85. The summed E-state index contributed by atoms with van der Waals surface area (Å²) < 4.78 is 0. The quantitative estimate of drug-likeness (QED) is 0.498. The van der Waals surface area contributed by atoms with E-state index in [2.05, 4.69) is 10.3 Å². The molecule has 1 heterocycles. The summed E-state index contributed by atoms with van der Waals surface area (Å²) in [6, 6.07) is 8.01. The van der Waals surface area contributed by atoms with Crippen LogP contribution in [-0.4, -0.2) is 23.4 Å². The second kappa shape index (κ2) is 8.51. The Bertz CT molecular complexity index is 754. The number of benzene rings is 1. The van der Waals surface area contributed by atoms with Crippen LogP contribution in [0.25, 0.3) is 10.9 Å². The van der Waals surface area contributed by atoms with Crippen LogP contribution in [-0.2, 0) is 16.0 Å². The molecule has 1 aliphatic rings. The summed E-state index contributed by atoms with van der Waals surface area (Å²) in [4.78, 5) is 26.6. The van der Waals surface area contributed by atoms with Crippen LogP contribution in [0.5, 0.6) is 0 Å². The van der Waals surface area contributed by atoms with E-state index in [1.807, 2.05) is 36.5 Å². The van der Waals surface area contributed by atoms with Crippen molar-refractivity contribution in [3.05, 3.63) is 48.2 Å². The molecule has 1 aliphatic carbocycles. The van der Waals surface area contributed by atoms with Gasteiger partial charge in [0.25, 0.3) is 0 Å². The summed E-state index contributed by atoms with van der Waals surface area (Å²) in [5.41, 5.74) is 2.21. The zero-order valence-corrected chi connectivity index (χ0v) is 15.7. The Morgan fingerprint density at radius 2 is 1.88 bits per heavy atom. The SMILES string of the molecule is O=C([O-])C1CC=CCC1C(=O)NCCc1c[nH]c2ccccc12.[Na+]. The molecule has 1 amide bonds. The molecular weight excluding hydrogens is 315 g/mol. The Kier molecular flexibility index (Phi) is 6.66. The van der Waals surface area contributed by atoms with Crippen LogP contribution in [0.1, 0.15) is 18.4 Å². The van der Waals surface area contributed by atoms with E-state index in [-0.39, 0.29) is 35.5 Å². The van der Waals surface area contributed by atoms with E-state index in [1.165, 1.54) is 0 Å². The topological polar surface area (TPSA) is 85.0 Å². The van der Waals surface area contributed by atoms with Crippen LogP contribution >= 0.6 is 0 Å². The maximum atomic E-state index is 12.3. The maximum Gasteiger partial charge on any atom is 1.00 e. The van der Waals surface area contributed by atoms with Gasteiger partial charge in [-0.05, 0) is 30.9 Å². The molecule has 1 aromatic heterocycles. The van der Waals surface area contributed by atoms with Gasteiger partial charge in [0.05, 0.1) is 0 Å². The largest absolute Gasteiger partial charge is 1.00 e. The van der Waals surface area contributed by atoms with Crippen molar-refractivity contribution in [2.24, 2.45) is 11.8 Å². The fraction of sp³-hybridized carbons (Fsp3) is 0.333. The summed E-state index contributed by atoms with van der Waals surface area (Å²) in [7, 11) is 0. The van der Waals surface area contributed by atoms with Gasteiger partial charge in [-0.1, -0.05) is 30.4 Å². The molecule has 0 saturated carbocycles. The number of fused-ring (bicyclic) bond motifs is 1. The van der Waals surface area contributed by atoms with Gasteiger partial charge in [-0.2, -0.15) is 0 Å². The number of allylic oxidation sites excluding steroid dienone is 2. The molecule has 6 heteroatoms. The first-order chi connectivity index (χ1) is 11.2. The van der Waals surface area contributed by atoms with Crippen molar-refractivity contribution >= 4 is 22.8 Å². The number of amides is 1. The third kappa shape index (κ3) is 4.09. The monoisotopic (exact) mass is 334 g/mol. The van der Waals surface area contributed by atoms with Crippen molar-refractivity contribution in [3.63, 3.8) is 0 Å². The maximum absolute atomic E-state index is 12.3. The number of para-hydroxylation sites is 1. The average molecular weight is 334 g/mol. The molecule has 2 atom stereocenters. The number of hydrogen-bond donors (Lipinski definition) is 2. The third-order valence-corrected chi connectivity index (χ3v) is 4.44. The summed E-state index contributed by atoms with van der Waals surface area (Å²) in [6.07, 6.45) is 7.14. The number of aromatic amines is 1. The van der Waals surface area contributed by atoms with E-state index >= 15 is 0 Å². The number of carboxylic acids is 1. The van der Waals surface area contributed by atoms with Crippen LogP contribution in [0.4, 0.5) is 0 Å². The van der Waals surface area contributed by atoms with Gasteiger partial charge >= 0.3 is 29.6 Å². The standard InChI is InChI=1S/C18H20N2O3.Na/c21-17(14-6-1-2-7-15(14)18(22)23)19-10-9-12-11-20-16-8-4-3-5-13(12)16;/h1-5,8,11,14-15,20H,6-7,9-10H2,(H,19,21)(H,22,23);/q;+1/p-1. The molecule has 0 aliphatic heterocycles. The Hall–Kier alpha value is -1.56. The van der Waals surface area contributed by atoms with Crippen molar-refractivity contribution in [2.75, 3.05) is 6.54 Å². The molecule has 0 fully saturated rings. The predicted molar refractivity (Wildman–Crippen MR) is 85.4 cm³/mol. The van der Waals surface area contributed by atoms with Gasteiger partial charge in [-0.25, -0.2) is 0 Å². The second-order valence-corrected chi connectivity index (χ2v) is 5.88. The summed E-state index contributed by atoms with van der Waals surface area (Å²) in [5, 5.41) is 15.2. The Morgan fingerprint density at radius 3 is 2.62 bits per heavy atom. The third-order valence-electron chi connectivity index (χ3n) is 4.44. The zero-order chi connectivity index (χ0) is 16.2. The number of aliphatic carboxylic acids is 1. The molecule has 120 valence electrons. The molecule has 0 saturated heterocycles. The summed E-state index contributed by atoms with van der Waals surface area (Å²) >= 11 is 0. The molecule has 2 N–H and O–H groups in total. The number of carbonyl (C=O) groups excluding carboxylic acids is 2. The van der Waals surface area contributed by atoms with Gasteiger partial charge in [0.15, 0.2) is 0 Å². The van der Waals surface area contributed by atoms with Crippen molar-refractivity contribution in [1.29, 1.82) is 0 Å². The molecule has 0 radical (unpaired) electrons. The van der Waals surface area contributed by atoms with Crippen LogP contribution in [0.15, 0.2) is 42.6 Å². The van der Waals surface area contributed by atoms with Crippen LogP contribution in [0.2, 0.25) is 0 Å². The van der Waals surface area contributed by atoms with Crippen molar-refractivity contribution < 1.29 is 44.3 Å². The van der Waals surface area contributed by atoms with E-state index < -0.39 is 17.8 Å². The number of carboxylic acid groups (broad SMARTS) is 1. The fourth-order valence-electron chi connectivity index (χ4n) is 3.15. The minimum atomic E-state index is -1.15. The minimum absolute atomic E-state index is 0. The van der Waals surface area contributed by atoms with Gasteiger partial charge in [-0.15, -0.1) is 0 Å². The Labute approximate surface area is 162 Å². The summed E-state index contributed by atoms with van der Waals surface area (Å²) in [6.45, 7) is 0.487. The van der Waals surface area contributed by atoms with Gasteiger partial charge in [0, 0.05) is 41.4 Å².